The van der Waals surface area contributed by atoms with E-state index in [0.29, 0.717) is 31.7 Å². The number of rotatable bonds is 7. The van der Waals surface area contributed by atoms with Gasteiger partial charge in [-0.1, -0.05) is 13.3 Å². The molecule has 0 radical (unpaired) electrons. The molecule has 31 heavy (non-hydrogen) atoms. The summed E-state index contributed by atoms with van der Waals surface area (Å²) in [4.78, 5) is 22.3. The Morgan fingerprint density at radius 3 is 2.74 bits per heavy atom. The van der Waals surface area contributed by atoms with Crippen LogP contribution < -0.4 is 21.3 Å². The number of hydrogen-bond donors (Lipinski definition) is 4. The highest BCUT2D eigenvalue weighted by Gasteiger charge is 2.31. The molecule has 0 saturated carbocycles. The molecule has 5 N–H and O–H groups in total. The Hall–Kier alpha value is -3.08. The normalized spacial score (nSPS) is 16.4. The zero-order valence-corrected chi connectivity index (χ0v) is 17.0. The first kappa shape index (κ1) is 22.6. The zero-order valence-electron chi connectivity index (χ0n) is 17.0. The predicted molar refractivity (Wildman–Crippen MR) is 111 cm³/mol. The maximum absolute atomic E-state index is 13.1. The number of benzene rings is 1. The Balaban J connectivity index is 1.84. The van der Waals surface area contributed by atoms with Crippen molar-refractivity contribution in [1.29, 1.82) is 0 Å². The first-order valence-corrected chi connectivity index (χ1v) is 9.96. The number of nitrogens with two attached hydrogens (primary N) is 1. The van der Waals surface area contributed by atoms with Crippen LogP contribution in [-0.2, 0) is 17.4 Å². The largest absolute Gasteiger partial charge is 0.416 e. The van der Waals surface area contributed by atoms with Gasteiger partial charge in [0, 0.05) is 42.3 Å². The van der Waals surface area contributed by atoms with Crippen LogP contribution in [0.1, 0.15) is 31.0 Å². The molecule has 1 aliphatic rings. The minimum absolute atomic E-state index is 0.0238. The van der Waals surface area contributed by atoms with Gasteiger partial charge in [0.25, 0.3) is 0 Å². The third-order valence-electron chi connectivity index (χ3n) is 4.83. The summed E-state index contributed by atoms with van der Waals surface area (Å²) in [5, 5.41) is 14.5. The van der Waals surface area contributed by atoms with Crippen molar-refractivity contribution in [2.24, 2.45) is 0 Å². The Labute approximate surface area is 177 Å². The number of anilines is 4. The molecule has 2 aromatic rings. The van der Waals surface area contributed by atoms with Crippen molar-refractivity contribution >= 4 is 29.0 Å². The minimum Gasteiger partial charge on any atom is -0.399 e. The Bertz CT molecular complexity index is 938. The van der Waals surface area contributed by atoms with Crippen molar-refractivity contribution in [3.8, 4) is 0 Å². The summed E-state index contributed by atoms with van der Waals surface area (Å²) in [5.74, 6) is 0.342. The van der Waals surface area contributed by atoms with E-state index in [1.807, 2.05) is 17.9 Å². The fraction of sp³-hybridized carbons (Fsp3) is 0.450. The van der Waals surface area contributed by atoms with Gasteiger partial charge in [0.15, 0.2) is 0 Å². The predicted octanol–water partition coefficient (Wildman–Crippen LogP) is 2.46. The number of hydrogen-bond acceptors (Lipinski definition) is 7. The number of aliphatic hydroxyl groups is 1. The lowest BCUT2D eigenvalue weighted by Gasteiger charge is -2.20. The van der Waals surface area contributed by atoms with Crippen LogP contribution in [0.25, 0.3) is 0 Å². The molecule has 2 heterocycles. The number of halogens is 3. The molecule has 0 aliphatic carbocycles. The fourth-order valence-corrected chi connectivity index (χ4v) is 3.46. The van der Waals surface area contributed by atoms with Gasteiger partial charge in [-0.25, -0.2) is 4.98 Å². The Kier molecular flexibility index (Phi) is 6.84. The van der Waals surface area contributed by atoms with Gasteiger partial charge in [0.05, 0.1) is 5.56 Å². The van der Waals surface area contributed by atoms with Crippen LogP contribution in [0.5, 0.6) is 0 Å². The number of carbonyl (C=O) groups is 1. The number of carbonyl (C=O) groups excluding carboxylic acids is 1. The lowest BCUT2D eigenvalue weighted by atomic mass is 10.1. The summed E-state index contributed by atoms with van der Waals surface area (Å²) in [7, 11) is 0. The van der Waals surface area contributed by atoms with Gasteiger partial charge in [-0.2, -0.15) is 18.2 Å². The van der Waals surface area contributed by atoms with Crippen LogP contribution in [0, 0.1) is 0 Å². The first-order chi connectivity index (χ1) is 14.7. The third kappa shape index (κ3) is 5.97. The molecule has 0 bridgehead atoms. The van der Waals surface area contributed by atoms with E-state index in [1.54, 1.807) is 0 Å². The average molecular weight is 438 g/mol. The molecule has 1 saturated heterocycles. The molecular formula is C20H25F3N6O2. The van der Waals surface area contributed by atoms with Crippen LogP contribution in [0.3, 0.4) is 0 Å². The smallest absolute Gasteiger partial charge is 0.399 e. The quantitative estimate of drug-likeness (QED) is 0.491. The van der Waals surface area contributed by atoms with Gasteiger partial charge in [-0.15, -0.1) is 0 Å². The second kappa shape index (κ2) is 9.38. The highest BCUT2D eigenvalue weighted by Crippen LogP contribution is 2.33. The number of amides is 1. The molecule has 1 aromatic heterocycles. The lowest BCUT2D eigenvalue weighted by molar-refractivity contribution is -0.137. The molecule has 1 atom stereocenters. The highest BCUT2D eigenvalue weighted by atomic mass is 19.4. The van der Waals surface area contributed by atoms with Crippen molar-refractivity contribution in [2.75, 3.05) is 35.6 Å². The molecule has 0 spiro atoms. The van der Waals surface area contributed by atoms with E-state index in [-0.39, 0.29) is 23.4 Å². The molecular weight excluding hydrogens is 413 g/mol. The summed E-state index contributed by atoms with van der Waals surface area (Å²) in [6, 6.07) is 4.94. The summed E-state index contributed by atoms with van der Waals surface area (Å²) in [6.45, 7) is 2.57. The molecule has 1 aliphatic heterocycles. The SMILES string of the molecule is CCCc1cc(N2CC[C@H](NC(=O)CO)C2)nc(Nc2cc(N)cc(C(F)(F)F)c2)n1. The highest BCUT2D eigenvalue weighted by molar-refractivity contribution is 5.77. The number of nitrogens with zero attached hydrogens (tertiary/aromatic N) is 3. The van der Waals surface area contributed by atoms with E-state index in [9.17, 15) is 18.0 Å². The van der Waals surface area contributed by atoms with Crippen LogP contribution >= 0.6 is 0 Å². The number of aromatic nitrogens is 2. The molecule has 168 valence electrons. The molecule has 1 fully saturated rings. The lowest BCUT2D eigenvalue weighted by Crippen LogP contribution is -2.38. The van der Waals surface area contributed by atoms with Crippen molar-refractivity contribution in [1.82, 2.24) is 15.3 Å². The number of nitrogen functional groups attached to an aromatic ring is 1. The fourth-order valence-electron chi connectivity index (χ4n) is 3.46. The van der Waals surface area contributed by atoms with Crippen molar-refractivity contribution in [3.63, 3.8) is 0 Å². The maximum Gasteiger partial charge on any atom is 0.416 e. The summed E-state index contributed by atoms with van der Waals surface area (Å²) in [5.41, 5.74) is 5.65. The molecule has 0 unspecified atom stereocenters. The van der Waals surface area contributed by atoms with E-state index in [0.717, 1.165) is 24.2 Å². The van der Waals surface area contributed by atoms with Gasteiger partial charge >= 0.3 is 6.18 Å². The van der Waals surface area contributed by atoms with Crippen molar-refractivity contribution < 1.29 is 23.1 Å². The van der Waals surface area contributed by atoms with Crippen LogP contribution in [0.15, 0.2) is 24.3 Å². The first-order valence-electron chi connectivity index (χ1n) is 9.96. The third-order valence-corrected chi connectivity index (χ3v) is 4.83. The monoisotopic (exact) mass is 438 g/mol. The molecule has 3 rings (SSSR count). The second-order valence-corrected chi connectivity index (χ2v) is 7.41. The molecule has 1 aromatic carbocycles. The average Bonchev–Trinajstić information content (AvgIpc) is 3.15. The molecule has 8 nitrogen and oxygen atoms in total. The number of aryl methyl sites for hydroxylation is 1. The van der Waals surface area contributed by atoms with Crippen molar-refractivity contribution in [2.45, 2.75) is 38.4 Å². The van der Waals surface area contributed by atoms with Gasteiger partial charge in [0.2, 0.25) is 11.9 Å². The maximum atomic E-state index is 13.1. The Morgan fingerprint density at radius 2 is 2.06 bits per heavy atom. The number of nitrogens with one attached hydrogen (secondary N) is 2. The van der Waals surface area contributed by atoms with E-state index in [4.69, 9.17) is 10.8 Å². The van der Waals surface area contributed by atoms with Gasteiger partial charge in [-0.3, -0.25) is 4.79 Å². The zero-order chi connectivity index (χ0) is 22.6. The van der Waals surface area contributed by atoms with Crippen LogP contribution in [0.2, 0.25) is 0 Å². The minimum atomic E-state index is -4.52. The number of aliphatic hydroxyl groups excluding tert-OH is 1. The van der Waals surface area contributed by atoms with E-state index in [1.165, 1.54) is 6.07 Å². The summed E-state index contributed by atoms with van der Waals surface area (Å²) < 4.78 is 39.3. The standard InChI is InChI=1S/C20H25F3N6O2/c1-2-3-14-9-17(29-5-4-15(10-29)25-18(31)11-30)28-19(26-14)27-16-7-12(20(21,22)23)6-13(24)8-16/h6-9,15,30H,2-5,10-11,24H2,1H3,(H,25,31)(H,26,27,28)/t15-/m0/s1. The molecule has 1 amide bonds. The topological polar surface area (TPSA) is 116 Å². The number of alkyl halides is 3. The van der Waals surface area contributed by atoms with Gasteiger partial charge in [0.1, 0.15) is 12.4 Å². The van der Waals surface area contributed by atoms with E-state index in [2.05, 4.69) is 20.6 Å². The van der Waals surface area contributed by atoms with Crippen LogP contribution in [-0.4, -0.2) is 46.7 Å². The van der Waals surface area contributed by atoms with Crippen molar-refractivity contribution in [3.05, 3.63) is 35.5 Å². The van der Waals surface area contributed by atoms with Crippen LogP contribution in [0.4, 0.5) is 36.3 Å². The van der Waals surface area contributed by atoms with Gasteiger partial charge < -0.3 is 26.4 Å². The van der Waals surface area contributed by atoms with E-state index < -0.39 is 24.3 Å². The van der Waals surface area contributed by atoms with E-state index >= 15 is 0 Å². The summed E-state index contributed by atoms with van der Waals surface area (Å²) >= 11 is 0. The summed E-state index contributed by atoms with van der Waals surface area (Å²) in [6.07, 6.45) is -2.33. The van der Waals surface area contributed by atoms with Gasteiger partial charge in [-0.05, 0) is 31.0 Å². The molecule has 11 heteroatoms. The second-order valence-electron chi connectivity index (χ2n) is 7.41. The Morgan fingerprint density at radius 1 is 1.29 bits per heavy atom.